The molecule has 1 saturated heterocycles. The molecule has 214 valence electrons. The van der Waals surface area contributed by atoms with Gasteiger partial charge in [0.1, 0.15) is 17.1 Å². The highest BCUT2D eigenvalue weighted by Gasteiger charge is 2.28. The summed E-state index contributed by atoms with van der Waals surface area (Å²) < 4.78 is 32.8. The summed E-state index contributed by atoms with van der Waals surface area (Å²) in [5, 5.41) is 6.14. The summed E-state index contributed by atoms with van der Waals surface area (Å²) in [5.41, 5.74) is 2.34. The summed E-state index contributed by atoms with van der Waals surface area (Å²) in [4.78, 5) is 36.9. The zero-order chi connectivity index (χ0) is 29.0. The van der Waals surface area contributed by atoms with Crippen LogP contribution in [0.25, 0.3) is 10.9 Å². The van der Waals surface area contributed by atoms with E-state index in [1.165, 1.54) is 11.3 Å². The molecular weight excluding hydrogens is 562 g/mol. The van der Waals surface area contributed by atoms with Gasteiger partial charge in [0.2, 0.25) is 10.0 Å². The first-order valence-electron chi connectivity index (χ1n) is 13.3. The predicted octanol–water partition coefficient (Wildman–Crippen LogP) is 3.74. The van der Waals surface area contributed by atoms with E-state index in [0.29, 0.717) is 35.7 Å². The molecule has 12 heteroatoms. The lowest BCUT2D eigenvalue weighted by Gasteiger charge is -2.31. The number of carbonyl (C=O) groups excluding carboxylic acids is 2. The molecule has 1 fully saturated rings. The number of ether oxygens (including phenoxy) is 1. The normalized spacial score (nSPS) is 14.2. The van der Waals surface area contributed by atoms with E-state index in [1.807, 2.05) is 31.2 Å². The van der Waals surface area contributed by atoms with Crippen LogP contribution in [0.15, 0.2) is 64.9 Å². The lowest BCUT2D eigenvalue weighted by Crippen LogP contribution is -2.38. The molecule has 3 heterocycles. The summed E-state index contributed by atoms with van der Waals surface area (Å²) >= 11 is 1.42. The number of thiazole rings is 1. The summed E-state index contributed by atoms with van der Waals surface area (Å²) in [6.07, 6.45) is 1.46. The fourth-order valence-corrected chi connectivity index (χ4v) is 6.75. The molecule has 5 rings (SSSR count). The van der Waals surface area contributed by atoms with Gasteiger partial charge in [0, 0.05) is 48.9 Å². The lowest BCUT2D eigenvalue weighted by atomic mass is 9.97. The number of aromatic nitrogens is 2. The number of pyridine rings is 1. The molecule has 4 aromatic rings. The quantitative estimate of drug-likeness (QED) is 0.283. The first kappa shape index (κ1) is 28.7. The van der Waals surface area contributed by atoms with Crippen LogP contribution in [0.4, 0.5) is 0 Å². The van der Waals surface area contributed by atoms with Crippen molar-refractivity contribution in [3.8, 4) is 5.75 Å². The molecule has 0 radical (unpaired) electrons. The summed E-state index contributed by atoms with van der Waals surface area (Å²) in [5.74, 6) is 0.271. The monoisotopic (exact) mass is 593 g/mol. The second-order valence-corrected chi connectivity index (χ2v) is 12.5. The van der Waals surface area contributed by atoms with Crippen molar-refractivity contribution in [1.82, 2.24) is 24.9 Å². The van der Waals surface area contributed by atoms with Gasteiger partial charge in [0.05, 0.1) is 22.5 Å². The van der Waals surface area contributed by atoms with Crippen LogP contribution in [0.1, 0.15) is 50.3 Å². The molecule has 0 atom stereocenters. The number of rotatable bonds is 9. The maximum atomic E-state index is 13.2. The van der Waals surface area contributed by atoms with Gasteiger partial charge < -0.3 is 15.0 Å². The van der Waals surface area contributed by atoms with E-state index in [0.717, 1.165) is 28.8 Å². The molecule has 0 spiro atoms. The van der Waals surface area contributed by atoms with Crippen molar-refractivity contribution in [3.05, 3.63) is 81.9 Å². The van der Waals surface area contributed by atoms with E-state index in [2.05, 4.69) is 20.0 Å². The van der Waals surface area contributed by atoms with Crippen LogP contribution in [-0.2, 0) is 10.0 Å². The summed E-state index contributed by atoms with van der Waals surface area (Å²) in [7, 11) is -2.06. The van der Waals surface area contributed by atoms with Crippen LogP contribution in [0.5, 0.6) is 5.75 Å². The minimum Gasteiger partial charge on any atom is -0.496 e. The lowest BCUT2D eigenvalue weighted by molar-refractivity contribution is 0.0707. The van der Waals surface area contributed by atoms with Crippen molar-refractivity contribution in [2.24, 2.45) is 0 Å². The number of amides is 2. The Bertz CT molecular complexity index is 1660. The number of nitrogens with one attached hydrogen (secondary N) is 2. The topological polar surface area (TPSA) is 131 Å². The first-order valence-corrected chi connectivity index (χ1v) is 15.6. The Labute approximate surface area is 242 Å². The van der Waals surface area contributed by atoms with E-state index in [1.54, 1.807) is 47.7 Å². The number of hydrogen-bond acceptors (Lipinski definition) is 8. The first-order chi connectivity index (χ1) is 19.7. The number of fused-ring (bicyclic) bond motifs is 1. The number of nitrogens with zero attached hydrogens (tertiary/aromatic N) is 3. The zero-order valence-electron chi connectivity index (χ0n) is 22.8. The molecular formula is C29H31N5O5S2. The number of methoxy groups -OCH3 is 1. The Morgan fingerprint density at radius 2 is 1.76 bits per heavy atom. The number of hydrogen-bond donors (Lipinski definition) is 2. The second kappa shape index (κ2) is 12.3. The highest BCUT2D eigenvalue weighted by molar-refractivity contribution is 7.89. The van der Waals surface area contributed by atoms with Gasteiger partial charge in [0.15, 0.2) is 0 Å². The van der Waals surface area contributed by atoms with Crippen molar-refractivity contribution < 1.29 is 22.7 Å². The molecule has 1 aliphatic heterocycles. The Kier molecular flexibility index (Phi) is 8.62. The van der Waals surface area contributed by atoms with E-state index >= 15 is 0 Å². The van der Waals surface area contributed by atoms with E-state index < -0.39 is 10.0 Å². The number of sulfonamides is 1. The standard InChI is InChI=1S/C29H31N5O5S2/c1-19-7-9-21(10-8-19)41(37,38)31-14-13-30-27(35)25-18-40-28(33-25)20-11-15-34(16-12-20)29(36)24-17-26(39-2)22-5-3-4-6-23(22)32-24/h3-10,17-18,20,31H,11-16H2,1-2H3,(H,30,35). The fraction of sp³-hybridized carbons (Fsp3) is 0.310. The molecule has 2 aromatic heterocycles. The Balaban J connectivity index is 1.12. The molecule has 0 aliphatic carbocycles. The maximum Gasteiger partial charge on any atom is 0.272 e. The SMILES string of the molecule is COc1cc(C(=O)N2CCC(c3nc(C(=O)NCCNS(=O)(=O)c4ccc(C)cc4)cs3)CC2)nc2ccccc12. The van der Waals surface area contributed by atoms with Gasteiger partial charge in [0.25, 0.3) is 11.8 Å². The van der Waals surface area contributed by atoms with Gasteiger partial charge in [-0.1, -0.05) is 29.8 Å². The predicted molar refractivity (Wildman–Crippen MR) is 157 cm³/mol. The average molecular weight is 594 g/mol. The third kappa shape index (κ3) is 6.55. The van der Waals surface area contributed by atoms with Crippen molar-refractivity contribution in [2.75, 3.05) is 33.3 Å². The third-order valence-corrected chi connectivity index (χ3v) is 9.52. The van der Waals surface area contributed by atoms with Gasteiger partial charge in [-0.25, -0.2) is 23.1 Å². The fourth-order valence-electron chi connectivity index (χ4n) is 4.75. The molecule has 10 nitrogen and oxygen atoms in total. The van der Waals surface area contributed by atoms with Gasteiger partial charge >= 0.3 is 0 Å². The third-order valence-electron chi connectivity index (χ3n) is 7.04. The van der Waals surface area contributed by atoms with E-state index in [4.69, 9.17) is 4.74 Å². The number of aryl methyl sites for hydroxylation is 1. The highest BCUT2D eigenvalue weighted by Crippen LogP contribution is 2.32. The Morgan fingerprint density at radius 3 is 2.49 bits per heavy atom. The molecule has 0 unspecified atom stereocenters. The number of likely N-dealkylation sites (tertiary alicyclic amines) is 1. The zero-order valence-corrected chi connectivity index (χ0v) is 24.4. The molecule has 2 N–H and O–H groups in total. The maximum absolute atomic E-state index is 13.2. The minimum absolute atomic E-state index is 0.0589. The van der Waals surface area contributed by atoms with Crippen LogP contribution in [0, 0.1) is 6.92 Å². The number of piperidine rings is 1. The second-order valence-electron chi connectivity index (χ2n) is 9.83. The Hall–Kier alpha value is -3.87. The molecule has 41 heavy (non-hydrogen) atoms. The number of benzene rings is 2. The molecule has 0 bridgehead atoms. The molecule has 0 saturated carbocycles. The molecule has 2 amide bonds. The van der Waals surface area contributed by atoms with Crippen LogP contribution in [0.3, 0.4) is 0 Å². The van der Waals surface area contributed by atoms with E-state index in [-0.39, 0.29) is 35.7 Å². The van der Waals surface area contributed by atoms with Crippen molar-refractivity contribution in [2.45, 2.75) is 30.6 Å². The van der Waals surface area contributed by atoms with Gasteiger partial charge in [-0.3, -0.25) is 9.59 Å². The van der Waals surface area contributed by atoms with Gasteiger partial charge in [-0.2, -0.15) is 0 Å². The van der Waals surface area contributed by atoms with Crippen LogP contribution < -0.4 is 14.8 Å². The van der Waals surface area contributed by atoms with Crippen molar-refractivity contribution in [1.29, 1.82) is 0 Å². The Morgan fingerprint density at radius 1 is 1.02 bits per heavy atom. The van der Waals surface area contributed by atoms with Crippen molar-refractivity contribution >= 4 is 44.1 Å². The van der Waals surface area contributed by atoms with Crippen molar-refractivity contribution in [3.63, 3.8) is 0 Å². The van der Waals surface area contributed by atoms with Crippen LogP contribution in [-0.4, -0.2) is 68.4 Å². The van der Waals surface area contributed by atoms with Gasteiger partial charge in [-0.15, -0.1) is 11.3 Å². The van der Waals surface area contributed by atoms with Crippen LogP contribution in [0.2, 0.25) is 0 Å². The number of para-hydroxylation sites is 1. The summed E-state index contributed by atoms with van der Waals surface area (Å²) in [6.45, 7) is 3.19. The van der Waals surface area contributed by atoms with E-state index in [9.17, 15) is 18.0 Å². The highest BCUT2D eigenvalue weighted by atomic mass is 32.2. The molecule has 2 aromatic carbocycles. The van der Waals surface area contributed by atoms with Crippen LogP contribution >= 0.6 is 11.3 Å². The van der Waals surface area contributed by atoms with Gasteiger partial charge in [-0.05, 0) is 44.0 Å². The molecule has 1 aliphatic rings. The minimum atomic E-state index is -3.64. The smallest absolute Gasteiger partial charge is 0.272 e. The largest absolute Gasteiger partial charge is 0.496 e. The summed E-state index contributed by atoms with van der Waals surface area (Å²) in [6, 6.07) is 15.8. The average Bonchev–Trinajstić information content (AvgIpc) is 3.49. The number of carbonyl (C=O) groups is 2.